The van der Waals surface area contributed by atoms with Crippen LogP contribution in [0, 0.1) is 11.8 Å². The van der Waals surface area contributed by atoms with Crippen molar-refractivity contribution in [2.24, 2.45) is 11.8 Å². The smallest absolute Gasteiger partial charge is 0.0781 e. The molecule has 2 heteroatoms. The van der Waals surface area contributed by atoms with Gasteiger partial charge in [-0.2, -0.15) is 0 Å². The monoisotopic (exact) mass is 261 g/mol. The first-order chi connectivity index (χ1) is 9.08. The van der Waals surface area contributed by atoms with Crippen molar-refractivity contribution in [3.8, 4) is 0 Å². The number of benzene rings is 1. The lowest BCUT2D eigenvalue weighted by atomic mass is 9.79. The lowest BCUT2D eigenvalue weighted by Crippen LogP contribution is -2.29. The summed E-state index contributed by atoms with van der Waals surface area (Å²) in [4.78, 5) is 0. The zero-order valence-corrected chi connectivity index (χ0v) is 12.4. The summed E-state index contributed by atoms with van der Waals surface area (Å²) in [5.74, 6) is 1.61. The maximum absolute atomic E-state index is 9.83. The van der Waals surface area contributed by atoms with Crippen molar-refractivity contribution in [3.63, 3.8) is 0 Å². The predicted octanol–water partition coefficient (Wildman–Crippen LogP) is 4.37. The zero-order valence-electron chi connectivity index (χ0n) is 12.4. The van der Waals surface area contributed by atoms with Gasteiger partial charge in [0.15, 0.2) is 0 Å². The molecule has 0 aliphatic heterocycles. The maximum atomic E-state index is 9.83. The van der Waals surface area contributed by atoms with Crippen molar-refractivity contribution in [1.29, 1.82) is 0 Å². The Labute approximate surface area is 117 Å². The maximum Gasteiger partial charge on any atom is 0.0781 e. The molecule has 0 saturated heterocycles. The number of nitrogens with one attached hydrogen (secondary N) is 1. The fraction of sp³-hybridized carbons (Fsp3) is 0.647. The summed E-state index contributed by atoms with van der Waals surface area (Å²) >= 11 is 0. The van der Waals surface area contributed by atoms with E-state index in [1.807, 2.05) is 25.1 Å². The Hall–Kier alpha value is -1.02. The fourth-order valence-corrected chi connectivity index (χ4v) is 3.18. The van der Waals surface area contributed by atoms with Gasteiger partial charge in [-0.1, -0.05) is 44.9 Å². The van der Waals surface area contributed by atoms with Crippen molar-refractivity contribution in [2.45, 2.75) is 58.6 Å². The Balaban J connectivity index is 2.04. The molecule has 0 bridgehead atoms. The predicted molar refractivity (Wildman–Crippen MR) is 81.3 cm³/mol. The molecule has 0 amide bonds. The third kappa shape index (κ3) is 3.73. The number of hydrogen-bond donors (Lipinski definition) is 2. The van der Waals surface area contributed by atoms with E-state index in [-0.39, 0.29) is 0 Å². The van der Waals surface area contributed by atoms with Crippen molar-refractivity contribution in [2.75, 3.05) is 5.32 Å². The highest BCUT2D eigenvalue weighted by Crippen LogP contribution is 2.32. The lowest BCUT2D eigenvalue weighted by molar-refractivity contribution is 0.199. The molecule has 0 radical (unpaired) electrons. The summed E-state index contributed by atoms with van der Waals surface area (Å²) in [6.45, 7) is 6.49. The minimum absolute atomic E-state index is 0.409. The number of para-hydroxylation sites is 1. The van der Waals surface area contributed by atoms with Crippen LogP contribution in [-0.4, -0.2) is 11.1 Å². The van der Waals surface area contributed by atoms with E-state index in [1.54, 1.807) is 0 Å². The molecule has 0 aromatic heterocycles. The van der Waals surface area contributed by atoms with Crippen LogP contribution in [0.1, 0.15) is 58.1 Å². The topological polar surface area (TPSA) is 32.3 Å². The molecule has 19 heavy (non-hydrogen) atoms. The molecule has 1 fully saturated rings. The molecule has 1 saturated carbocycles. The van der Waals surface area contributed by atoms with Crippen LogP contribution in [0.25, 0.3) is 0 Å². The van der Waals surface area contributed by atoms with Crippen molar-refractivity contribution >= 4 is 5.69 Å². The molecule has 2 nitrogen and oxygen atoms in total. The highest BCUT2D eigenvalue weighted by molar-refractivity contribution is 5.52. The molecule has 106 valence electrons. The second-order valence-corrected chi connectivity index (χ2v) is 6.28. The van der Waals surface area contributed by atoms with Crippen molar-refractivity contribution in [1.82, 2.24) is 0 Å². The first-order valence-corrected chi connectivity index (χ1v) is 7.61. The summed E-state index contributed by atoms with van der Waals surface area (Å²) in [7, 11) is 0. The molecule has 1 aromatic rings. The molecule has 3 unspecified atom stereocenters. The standard InChI is InChI=1S/C17H27NO/c1-12(2)14-7-6-8-15(11-14)18-17-10-5-4-9-16(17)13(3)19/h4-5,9-10,12-15,18-19H,6-8,11H2,1-3H3. The molecule has 2 N–H and O–H groups in total. The lowest BCUT2D eigenvalue weighted by Gasteiger charge is -2.33. The second-order valence-electron chi connectivity index (χ2n) is 6.28. The summed E-state index contributed by atoms with van der Waals surface area (Å²) in [5.41, 5.74) is 2.11. The van der Waals surface area contributed by atoms with Gasteiger partial charge in [0.2, 0.25) is 0 Å². The first-order valence-electron chi connectivity index (χ1n) is 7.61. The van der Waals surface area contributed by atoms with Crippen LogP contribution in [0.15, 0.2) is 24.3 Å². The SMILES string of the molecule is CC(O)c1ccccc1NC1CCCC(C(C)C)C1. The average Bonchev–Trinajstić information content (AvgIpc) is 2.39. The van der Waals surface area contributed by atoms with Gasteiger partial charge in [0.25, 0.3) is 0 Å². The van der Waals surface area contributed by atoms with E-state index in [1.165, 1.54) is 25.7 Å². The molecule has 1 aliphatic carbocycles. The average molecular weight is 261 g/mol. The molecule has 0 spiro atoms. The quantitative estimate of drug-likeness (QED) is 0.843. The summed E-state index contributed by atoms with van der Waals surface area (Å²) in [6.07, 6.45) is 4.78. The van der Waals surface area contributed by atoms with Gasteiger partial charge in [0.1, 0.15) is 0 Å². The Kier molecular flexibility index (Phi) is 4.87. The Bertz CT molecular complexity index is 400. The number of rotatable bonds is 4. The number of aliphatic hydroxyl groups excluding tert-OH is 1. The van der Waals surface area contributed by atoms with E-state index in [0.29, 0.717) is 6.04 Å². The van der Waals surface area contributed by atoms with Gasteiger partial charge in [-0.05, 0) is 37.7 Å². The zero-order chi connectivity index (χ0) is 13.8. The molecule has 3 atom stereocenters. The third-order valence-electron chi connectivity index (χ3n) is 4.43. The van der Waals surface area contributed by atoms with Crippen LogP contribution < -0.4 is 5.32 Å². The van der Waals surface area contributed by atoms with E-state index in [4.69, 9.17) is 0 Å². The van der Waals surface area contributed by atoms with Crippen LogP contribution in [0.2, 0.25) is 0 Å². The van der Waals surface area contributed by atoms with E-state index in [2.05, 4.69) is 25.2 Å². The van der Waals surface area contributed by atoms with Crippen LogP contribution in [-0.2, 0) is 0 Å². The normalized spacial score (nSPS) is 25.3. The number of aliphatic hydroxyl groups is 1. The van der Waals surface area contributed by atoms with E-state index in [0.717, 1.165) is 23.1 Å². The molecule has 2 rings (SSSR count). The Morgan fingerprint density at radius 3 is 2.58 bits per heavy atom. The summed E-state index contributed by atoms with van der Waals surface area (Å²) < 4.78 is 0. The van der Waals surface area contributed by atoms with Crippen LogP contribution in [0.3, 0.4) is 0 Å². The van der Waals surface area contributed by atoms with Gasteiger partial charge in [0, 0.05) is 17.3 Å². The first kappa shape index (κ1) is 14.4. The molecular formula is C17H27NO. The van der Waals surface area contributed by atoms with Gasteiger partial charge in [-0.15, -0.1) is 0 Å². The highest BCUT2D eigenvalue weighted by Gasteiger charge is 2.24. The van der Waals surface area contributed by atoms with Crippen LogP contribution >= 0.6 is 0 Å². The third-order valence-corrected chi connectivity index (χ3v) is 4.43. The summed E-state index contributed by atoms with van der Waals surface area (Å²) in [5, 5.41) is 13.5. The van der Waals surface area contributed by atoms with E-state index in [9.17, 15) is 5.11 Å². The Morgan fingerprint density at radius 1 is 1.16 bits per heavy atom. The van der Waals surface area contributed by atoms with Crippen molar-refractivity contribution < 1.29 is 5.11 Å². The van der Waals surface area contributed by atoms with Gasteiger partial charge in [-0.25, -0.2) is 0 Å². The highest BCUT2D eigenvalue weighted by atomic mass is 16.3. The van der Waals surface area contributed by atoms with Crippen molar-refractivity contribution in [3.05, 3.63) is 29.8 Å². The van der Waals surface area contributed by atoms with Crippen LogP contribution in [0.5, 0.6) is 0 Å². The number of anilines is 1. The van der Waals surface area contributed by atoms with E-state index < -0.39 is 6.10 Å². The van der Waals surface area contributed by atoms with Crippen LogP contribution in [0.4, 0.5) is 5.69 Å². The van der Waals surface area contributed by atoms with Gasteiger partial charge < -0.3 is 10.4 Å². The van der Waals surface area contributed by atoms with E-state index >= 15 is 0 Å². The minimum atomic E-state index is -0.409. The Morgan fingerprint density at radius 2 is 1.89 bits per heavy atom. The molecule has 1 aliphatic rings. The largest absolute Gasteiger partial charge is 0.389 e. The fourth-order valence-electron chi connectivity index (χ4n) is 3.18. The van der Waals surface area contributed by atoms with Gasteiger partial charge in [-0.3, -0.25) is 0 Å². The minimum Gasteiger partial charge on any atom is -0.389 e. The van der Waals surface area contributed by atoms with Gasteiger partial charge >= 0.3 is 0 Å². The number of hydrogen-bond acceptors (Lipinski definition) is 2. The van der Waals surface area contributed by atoms with Gasteiger partial charge in [0.05, 0.1) is 6.10 Å². The molecule has 1 aromatic carbocycles. The summed E-state index contributed by atoms with van der Waals surface area (Å²) in [6, 6.07) is 8.68. The molecular weight excluding hydrogens is 234 g/mol. The molecule has 0 heterocycles. The second kappa shape index (κ2) is 6.42.